The van der Waals surface area contributed by atoms with Crippen LogP contribution in [0, 0.1) is 0 Å². The molecule has 0 radical (unpaired) electrons. The SMILES string of the molecule is CCc1cc(CC)c2c(c1)[CH]([Zr+2]=[C](c1ccccc1)c1ccccc1)c1c(C3=CC=CC3)c(CC)c(CC)c(CC)c1-2.[Cl-].[Cl-]. The summed E-state index contributed by atoms with van der Waals surface area (Å²) in [5, 5.41) is 0. The molecular formula is C41H43Cl2Zr. The fourth-order valence-electron chi connectivity index (χ4n) is 7.52. The minimum Gasteiger partial charge on any atom is -1.00 e. The number of hydrogen-bond donors (Lipinski definition) is 0. The van der Waals surface area contributed by atoms with Crippen LogP contribution < -0.4 is 24.8 Å². The van der Waals surface area contributed by atoms with Gasteiger partial charge in [-0.2, -0.15) is 0 Å². The van der Waals surface area contributed by atoms with Gasteiger partial charge in [-0.1, -0.05) is 0 Å². The van der Waals surface area contributed by atoms with Crippen LogP contribution in [-0.2, 0) is 54.9 Å². The minimum absolute atomic E-state index is 0. The number of fused-ring (bicyclic) bond motifs is 3. The summed E-state index contributed by atoms with van der Waals surface area (Å²) in [4.78, 5) is 0. The molecular weight excluding hydrogens is 655 g/mol. The van der Waals surface area contributed by atoms with E-state index in [-0.39, 0.29) is 24.8 Å². The van der Waals surface area contributed by atoms with Gasteiger partial charge in [0.25, 0.3) is 0 Å². The Morgan fingerprint density at radius 2 is 1.25 bits per heavy atom. The summed E-state index contributed by atoms with van der Waals surface area (Å²) in [7, 11) is 0. The first-order chi connectivity index (χ1) is 20.6. The first-order valence-corrected chi connectivity index (χ1v) is 18.8. The smallest absolute Gasteiger partial charge is 1.00 e. The Kier molecular flexibility index (Phi) is 12.0. The first kappa shape index (κ1) is 34.6. The average Bonchev–Trinajstić information content (AvgIpc) is 3.69. The third kappa shape index (κ3) is 6.10. The molecule has 0 saturated carbocycles. The van der Waals surface area contributed by atoms with E-state index in [9.17, 15) is 0 Å². The van der Waals surface area contributed by atoms with Crippen molar-refractivity contribution >= 4 is 8.78 Å². The summed E-state index contributed by atoms with van der Waals surface area (Å²) < 4.78 is 2.10. The normalized spacial score (nSPS) is 14.2. The van der Waals surface area contributed by atoms with Crippen LogP contribution in [0.1, 0.15) is 100 Å². The molecule has 2 aliphatic carbocycles. The Labute approximate surface area is 289 Å². The van der Waals surface area contributed by atoms with Gasteiger partial charge >= 0.3 is 266 Å². The molecule has 0 aromatic heterocycles. The van der Waals surface area contributed by atoms with Crippen LogP contribution in [0.3, 0.4) is 0 Å². The molecule has 0 fully saturated rings. The van der Waals surface area contributed by atoms with Gasteiger partial charge < -0.3 is 24.8 Å². The van der Waals surface area contributed by atoms with Crippen LogP contribution in [0.5, 0.6) is 0 Å². The van der Waals surface area contributed by atoms with E-state index >= 15 is 0 Å². The predicted octanol–water partition coefficient (Wildman–Crippen LogP) is 4.27. The Hall–Kier alpha value is -2.31. The van der Waals surface area contributed by atoms with Crippen molar-refractivity contribution in [2.75, 3.05) is 0 Å². The van der Waals surface area contributed by atoms with Gasteiger partial charge in [0.2, 0.25) is 0 Å². The molecule has 0 nitrogen and oxygen atoms in total. The van der Waals surface area contributed by atoms with E-state index in [2.05, 4.69) is 126 Å². The van der Waals surface area contributed by atoms with Gasteiger partial charge in [-0.3, -0.25) is 0 Å². The van der Waals surface area contributed by atoms with Gasteiger partial charge in [0.05, 0.1) is 0 Å². The summed E-state index contributed by atoms with van der Waals surface area (Å²) in [6.07, 6.45) is 13.6. The molecule has 3 heteroatoms. The molecule has 1 atom stereocenters. The molecule has 0 N–H and O–H groups in total. The van der Waals surface area contributed by atoms with Crippen molar-refractivity contribution in [2.45, 2.75) is 76.8 Å². The predicted molar refractivity (Wildman–Crippen MR) is 178 cm³/mol. The molecule has 0 saturated heterocycles. The third-order valence-corrected chi connectivity index (χ3v) is 13.7. The summed E-state index contributed by atoms with van der Waals surface area (Å²) >= 11 is -1.21. The molecule has 0 aliphatic heterocycles. The molecule has 2 aliphatic rings. The van der Waals surface area contributed by atoms with Crippen LogP contribution in [0.15, 0.2) is 91.0 Å². The van der Waals surface area contributed by atoms with E-state index in [1.807, 2.05) is 0 Å². The van der Waals surface area contributed by atoms with Crippen molar-refractivity contribution < 1.29 is 47.6 Å². The topological polar surface area (TPSA) is 0 Å². The molecule has 0 spiro atoms. The standard InChI is InChI=1S/C28H33.C13H10.2ClH.Zr/c1-6-18-15-19(7-2)26-21(16-18)17-25-27(20-13-11-12-14-20)23(9-4)22(8-3)24(10-5)28(25)26;1-3-7-12(8-4-1)11-13-9-5-2-6-10-13;;;/h11-13,15-17H,6-10,14H2,1-5H3;1-10H;2*1H;/q;;;;+2/p-2. The summed E-state index contributed by atoms with van der Waals surface area (Å²) in [5.41, 5.74) is 20.4. The van der Waals surface area contributed by atoms with Gasteiger partial charge in [0, 0.05) is 0 Å². The van der Waals surface area contributed by atoms with Gasteiger partial charge in [0.1, 0.15) is 0 Å². The maximum absolute atomic E-state index is 2.62. The fourth-order valence-corrected chi connectivity index (χ4v) is 11.9. The largest absolute Gasteiger partial charge is 1.00 e. The van der Waals surface area contributed by atoms with Crippen LogP contribution in [-0.4, -0.2) is 3.21 Å². The summed E-state index contributed by atoms with van der Waals surface area (Å²) in [6.45, 7) is 11.9. The van der Waals surface area contributed by atoms with E-state index in [4.69, 9.17) is 0 Å². The Morgan fingerprint density at radius 1 is 0.659 bits per heavy atom. The van der Waals surface area contributed by atoms with Crippen LogP contribution in [0.2, 0.25) is 0 Å². The van der Waals surface area contributed by atoms with Crippen molar-refractivity contribution in [3.8, 4) is 11.1 Å². The van der Waals surface area contributed by atoms with Crippen molar-refractivity contribution in [1.82, 2.24) is 0 Å². The first-order valence-electron chi connectivity index (χ1n) is 16.1. The van der Waals surface area contributed by atoms with Crippen molar-refractivity contribution in [3.63, 3.8) is 0 Å². The summed E-state index contributed by atoms with van der Waals surface area (Å²) in [6, 6.07) is 27.7. The third-order valence-electron chi connectivity index (χ3n) is 9.39. The fraction of sp³-hybridized carbons (Fsp3) is 0.293. The molecule has 225 valence electrons. The van der Waals surface area contributed by atoms with Gasteiger partial charge in [0.15, 0.2) is 0 Å². The van der Waals surface area contributed by atoms with Gasteiger partial charge in [-0.05, 0) is 0 Å². The molecule has 0 bridgehead atoms. The monoisotopic (exact) mass is 695 g/mol. The zero-order valence-electron chi connectivity index (χ0n) is 26.7. The molecule has 6 rings (SSSR count). The molecule has 0 amide bonds. The maximum Gasteiger partial charge on any atom is -1.00 e. The second-order valence-corrected chi connectivity index (χ2v) is 15.0. The van der Waals surface area contributed by atoms with Crippen LogP contribution in [0.25, 0.3) is 16.7 Å². The van der Waals surface area contributed by atoms with E-state index in [1.54, 1.807) is 53.3 Å². The number of rotatable bonds is 9. The molecule has 4 aromatic carbocycles. The van der Waals surface area contributed by atoms with Crippen LogP contribution in [0.4, 0.5) is 0 Å². The van der Waals surface area contributed by atoms with E-state index < -0.39 is 22.8 Å². The second kappa shape index (κ2) is 15.3. The number of allylic oxidation sites excluding steroid dienone is 4. The Balaban J connectivity index is 0.00000221. The minimum atomic E-state index is -1.21. The Morgan fingerprint density at radius 3 is 1.75 bits per heavy atom. The molecule has 0 heterocycles. The van der Waals surface area contributed by atoms with Crippen molar-refractivity contribution in [1.29, 1.82) is 0 Å². The van der Waals surface area contributed by atoms with Gasteiger partial charge in [-0.15, -0.1) is 0 Å². The van der Waals surface area contributed by atoms with Crippen molar-refractivity contribution in [2.24, 2.45) is 0 Å². The number of halogens is 2. The molecule has 4 aromatic rings. The van der Waals surface area contributed by atoms with E-state index in [1.165, 1.54) is 22.3 Å². The zero-order valence-corrected chi connectivity index (χ0v) is 30.7. The number of aryl methyl sites for hydroxylation is 2. The Bertz CT molecular complexity index is 1670. The second-order valence-electron chi connectivity index (χ2n) is 11.6. The zero-order chi connectivity index (χ0) is 29.2. The molecule has 1 unspecified atom stereocenters. The molecule has 44 heavy (non-hydrogen) atoms. The number of benzene rings is 4. The number of hydrogen-bond acceptors (Lipinski definition) is 0. The van der Waals surface area contributed by atoms with E-state index in [0.717, 1.165) is 38.5 Å². The van der Waals surface area contributed by atoms with Crippen LogP contribution >= 0.6 is 0 Å². The van der Waals surface area contributed by atoms with Gasteiger partial charge in [-0.25, -0.2) is 0 Å². The summed E-state index contributed by atoms with van der Waals surface area (Å²) in [5.74, 6) is 0. The van der Waals surface area contributed by atoms with Crippen molar-refractivity contribution in [3.05, 3.63) is 147 Å². The van der Waals surface area contributed by atoms with E-state index in [0.29, 0.717) is 3.63 Å². The maximum atomic E-state index is 2.62. The quantitative estimate of drug-likeness (QED) is 0.245. The average molecular weight is 698 g/mol.